The number of rotatable bonds is 3. The summed E-state index contributed by atoms with van der Waals surface area (Å²) in [4.78, 5) is 25.2. The molecule has 1 aromatic carbocycles. The van der Waals surface area contributed by atoms with Crippen LogP contribution in [0.15, 0.2) is 30.5 Å². The lowest BCUT2D eigenvalue weighted by Gasteiger charge is -2.27. The van der Waals surface area contributed by atoms with Crippen LogP contribution >= 0.6 is 0 Å². The predicted molar refractivity (Wildman–Crippen MR) is 104 cm³/mol. The maximum atomic E-state index is 13.1. The van der Waals surface area contributed by atoms with Crippen LogP contribution in [0, 0.1) is 0 Å². The van der Waals surface area contributed by atoms with E-state index in [1.54, 1.807) is 13.3 Å². The number of ether oxygens (including phenoxy) is 1. The van der Waals surface area contributed by atoms with Crippen molar-refractivity contribution in [1.82, 2.24) is 19.8 Å². The maximum absolute atomic E-state index is 13.1. The maximum Gasteiger partial charge on any atom is 0.272 e. The van der Waals surface area contributed by atoms with Crippen molar-refractivity contribution >= 4 is 5.91 Å². The molecule has 1 amide bonds. The number of nitrogens with one attached hydrogen (secondary N) is 1. The van der Waals surface area contributed by atoms with Crippen LogP contribution in [0.4, 0.5) is 0 Å². The van der Waals surface area contributed by atoms with Crippen molar-refractivity contribution in [3.05, 3.63) is 53.1 Å². The number of likely N-dealkylation sites (tertiary alicyclic amines) is 1. The van der Waals surface area contributed by atoms with Gasteiger partial charge in [0.2, 0.25) is 0 Å². The monoisotopic (exact) mass is 368 g/mol. The molecule has 0 spiro atoms. The number of amides is 1. The molecule has 6 nitrogen and oxygen atoms in total. The average molecular weight is 368 g/mol. The van der Waals surface area contributed by atoms with Crippen molar-refractivity contribution in [2.24, 2.45) is 0 Å². The Hall–Kier alpha value is -2.18. The molecule has 1 N–H and O–H groups in total. The van der Waals surface area contributed by atoms with Gasteiger partial charge in [0.15, 0.2) is 0 Å². The summed E-state index contributed by atoms with van der Waals surface area (Å²) in [6, 6.07) is 8.31. The molecule has 27 heavy (non-hydrogen) atoms. The molecule has 2 aliphatic heterocycles. The number of H-pyrrole nitrogens is 1. The molecule has 0 saturated carbocycles. The number of aromatic amines is 1. The van der Waals surface area contributed by atoms with Gasteiger partial charge in [-0.05, 0) is 50.5 Å². The largest absolute Gasteiger partial charge is 0.375 e. The van der Waals surface area contributed by atoms with Crippen molar-refractivity contribution in [2.75, 3.05) is 40.3 Å². The van der Waals surface area contributed by atoms with Crippen LogP contribution in [0.25, 0.3) is 0 Å². The number of imidazole rings is 1. The van der Waals surface area contributed by atoms with E-state index in [9.17, 15) is 4.79 Å². The lowest BCUT2D eigenvalue weighted by molar-refractivity contribution is 0.0504. The van der Waals surface area contributed by atoms with Crippen LogP contribution in [0.2, 0.25) is 0 Å². The summed E-state index contributed by atoms with van der Waals surface area (Å²) in [6.07, 6.45) is 4.63. The summed E-state index contributed by atoms with van der Waals surface area (Å²) in [7, 11) is 3.86. The Morgan fingerprint density at radius 3 is 2.78 bits per heavy atom. The first kappa shape index (κ1) is 18.2. The van der Waals surface area contributed by atoms with Crippen molar-refractivity contribution in [1.29, 1.82) is 0 Å². The van der Waals surface area contributed by atoms with Gasteiger partial charge < -0.3 is 19.5 Å². The molecule has 1 fully saturated rings. The molecule has 1 saturated heterocycles. The highest BCUT2D eigenvalue weighted by atomic mass is 16.5. The van der Waals surface area contributed by atoms with Gasteiger partial charge in [-0.3, -0.25) is 4.79 Å². The van der Waals surface area contributed by atoms with E-state index in [4.69, 9.17) is 4.74 Å². The van der Waals surface area contributed by atoms with Crippen molar-refractivity contribution in [3.8, 4) is 0 Å². The fourth-order valence-electron chi connectivity index (χ4n) is 4.21. The second kappa shape index (κ2) is 7.82. The standard InChI is InChI=1S/C21H28N4O2/c1-24-10-7-16(8-11-24)20-22-13-18(23-20)21(26)25-12-9-15-5-3-4-6-17(15)19(14-25)27-2/h3-6,13,16,19H,7-12,14H2,1-2H3,(H,22,23). The van der Waals surface area contributed by atoms with Gasteiger partial charge in [0.25, 0.3) is 5.91 Å². The van der Waals surface area contributed by atoms with Crippen LogP contribution < -0.4 is 0 Å². The number of aromatic nitrogens is 2. The molecule has 6 heteroatoms. The number of carbonyl (C=O) groups is 1. The number of benzene rings is 1. The highest BCUT2D eigenvalue weighted by Crippen LogP contribution is 2.28. The Labute approximate surface area is 160 Å². The van der Waals surface area contributed by atoms with Crippen LogP contribution in [0.1, 0.15) is 52.3 Å². The molecule has 0 aliphatic carbocycles. The smallest absolute Gasteiger partial charge is 0.272 e. The highest BCUT2D eigenvalue weighted by Gasteiger charge is 2.28. The van der Waals surface area contributed by atoms with Crippen LogP contribution in [-0.4, -0.2) is 66.0 Å². The van der Waals surface area contributed by atoms with E-state index >= 15 is 0 Å². The summed E-state index contributed by atoms with van der Waals surface area (Å²) in [6.45, 7) is 3.41. The van der Waals surface area contributed by atoms with Gasteiger partial charge in [-0.25, -0.2) is 4.98 Å². The Bertz CT molecular complexity index is 795. The first-order valence-corrected chi connectivity index (χ1v) is 9.79. The van der Waals surface area contributed by atoms with E-state index in [1.807, 2.05) is 17.0 Å². The number of hydrogen-bond donors (Lipinski definition) is 1. The van der Waals surface area contributed by atoms with Gasteiger partial charge in [0.05, 0.1) is 18.8 Å². The summed E-state index contributed by atoms with van der Waals surface area (Å²) in [5.41, 5.74) is 3.04. The van der Waals surface area contributed by atoms with Gasteiger partial charge in [-0.2, -0.15) is 0 Å². The summed E-state index contributed by atoms with van der Waals surface area (Å²) in [5.74, 6) is 1.38. The molecule has 144 valence electrons. The van der Waals surface area contributed by atoms with Crippen LogP contribution in [0.5, 0.6) is 0 Å². The lowest BCUT2D eigenvalue weighted by atomic mass is 9.97. The third-order valence-electron chi connectivity index (χ3n) is 5.94. The van der Waals surface area contributed by atoms with E-state index in [2.05, 4.69) is 34.0 Å². The predicted octanol–water partition coefficient (Wildman–Crippen LogP) is 2.60. The molecule has 2 aromatic rings. The number of methoxy groups -OCH3 is 1. The SMILES string of the molecule is COC1CN(C(=O)c2cnc(C3CCN(C)CC3)[nH]2)CCc2ccccc21. The normalized spacial score (nSPS) is 21.7. The average Bonchev–Trinajstić information content (AvgIpc) is 3.11. The number of hydrogen-bond acceptors (Lipinski definition) is 4. The third-order valence-corrected chi connectivity index (χ3v) is 5.94. The second-order valence-corrected chi connectivity index (χ2v) is 7.68. The Morgan fingerprint density at radius 1 is 1.22 bits per heavy atom. The van der Waals surface area contributed by atoms with Crippen molar-refractivity contribution in [3.63, 3.8) is 0 Å². The molecule has 0 bridgehead atoms. The molecule has 1 aromatic heterocycles. The van der Waals surface area contributed by atoms with E-state index in [-0.39, 0.29) is 12.0 Å². The zero-order valence-corrected chi connectivity index (χ0v) is 16.1. The van der Waals surface area contributed by atoms with Gasteiger partial charge in [-0.15, -0.1) is 0 Å². The Kier molecular flexibility index (Phi) is 5.27. The van der Waals surface area contributed by atoms with E-state index in [0.29, 0.717) is 24.7 Å². The second-order valence-electron chi connectivity index (χ2n) is 7.68. The van der Waals surface area contributed by atoms with E-state index < -0.39 is 0 Å². The molecule has 1 atom stereocenters. The number of carbonyl (C=O) groups excluding carboxylic acids is 1. The zero-order chi connectivity index (χ0) is 18.8. The van der Waals surface area contributed by atoms with E-state index in [1.165, 1.54) is 11.1 Å². The quantitative estimate of drug-likeness (QED) is 0.905. The summed E-state index contributed by atoms with van der Waals surface area (Å²) >= 11 is 0. The first-order chi connectivity index (χ1) is 13.2. The Morgan fingerprint density at radius 2 is 2.00 bits per heavy atom. The van der Waals surface area contributed by atoms with Crippen molar-refractivity contribution in [2.45, 2.75) is 31.3 Å². The van der Waals surface area contributed by atoms with Crippen molar-refractivity contribution < 1.29 is 9.53 Å². The fourth-order valence-corrected chi connectivity index (χ4v) is 4.21. The molecule has 0 radical (unpaired) electrons. The third kappa shape index (κ3) is 3.77. The molecule has 3 heterocycles. The number of fused-ring (bicyclic) bond motifs is 1. The molecular weight excluding hydrogens is 340 g/mol. The van der Waals surface area contributed by atoms with E-state index in [0.717, 1.165) is 38.2 Å². The minimum atomic E-state index is -0.0936. The molecule has 2 aliphatic rings. The minimum absolute atomic E-state index is 0.0107. The van der Waals surface area contributed by atoms with Crippen LogP contribution in [-0.2, 0) is 11.2 Å². The first-order valence-electron chi connectivity index (χ1n) is 9.79. The zero-order valence-electron chi connectivity index (χ0n) is 16.1. The van der Waals surface area contributed by atoms with Gasteiger partial charge in [0.1, 0.15) is 11.5 Å². The van der Waals surface area contributed by atoms with Gasteiger partial charge in [-0.1, -0.05) is 24.3 Å². The minimum Gasteiger partial charge on any atom is -0.375 e. The van der Waals surface area contributed by atoms with Gasteiger partial charge >= 0.3 is 0 Å². The fraction of sp³-hybridized carbons (Fsp3) is 0.524. The van der Waals surface area contributed by atoms with Crippen LogP contribution in [0.3, 0.4) is 0 Å². The topological polar surface area (TPSA) is 61.5 Å². The lowest BCUT2D eigenvalue weighted by Crippen LogP contribution is -2.35. The molecule has 1 unspecified atom stereocenters. The Balaban J connectivity index is 1.48. The van der Waals surface area contributed by atoms with Gasteiger partial charge in [0, 0.05) is 19.6 Å². The molecular formula is C21H28N4O2. The number of nitrogens with zero attached hydrogens (tertiary/aromatic N) is 3. The summed E-state index contributed by atoms with van der Waals surface area (Å²) < 4.78 is 5.70. The molecule has 4 rings (SSSR count). The summed E-state index contributed by atoms with van der Waals surface area (Å²) in [5, 5.41) is 0. The highest BCUT2D eigenvalue weighted by molar-refractivity contribution is 5.92. The number of piperidine rings is 1.